The zero-order valence-corrected chi connectivity index (χ0v) is 4.69. The maximum atomic E-state index is 9.66. The molecule has 0 aliphatic heterocycles. The molecule has 0 aromatic heterocycles. The third kappa shape index (κ3) is 5.91. The summed E-state index contributed by atoms with van der Waals surface area (Å²) in [5, 5.41) is 9.57. The number of hydrogen-bond donors (Lipinski definition) is 1. The van der Waals surface area contributed by atoms with Gasteiger partial charge in [-0.15, -0.1) is 0 Å². The average Bonchev–Trinajstić information content (AvgIpc) is 1.61. The summed E-state index contributed by atoms with van der Waals surface area (Å²) in [5.74, 6) is 0.0405. The molecule has 0 atom stereocenters. The molecule has 0 aliphatic rings. The Bertz CT molecular complexity index is 88.4. The third-order valence-corrected chi connectivity index (χ3v) is 1.17. The summed E-state index contributed by atoms with van der Waals surface area (Å²) in [6, 6.07) is 0. The normalized spacial score (nSPS) is 10.0. The van der Waals surface area contributed by atoms with E-state index in [0.29, 0.717) is 0 Å². The van der Waals surface area contributed by atoms with Gasteiger partial charge in [-0.1, -0.05) is 0 Å². The van der Waals surface area contributed by atoms with Crippen LogP contribution in [0.1, 0.15) is 6.42 Å². The van der Waals surface area contributed by atoms with Crippen molar-refractivity contribution in [3.05, 3.63) is 0 Å². The van der Waals surface area contributed by atoms with E-state index in [4.69, 9.17) is 0 Å². The van der Waals surface area contributed by atoms with Crippen LogP contribution in [-0.4, -0.2) is 20.8 Å². The van der Waals surface area contributed by atoms with Crippen LogP contribution in [0.5, 0.6) is 0 Å². The number of hydrogen-bond acceptors (Lipinski definition) is 2. The molecule has 0 aliphatic carbocycles. The van der Waals surface area contributed by atoms with Crippen molar-refractivity contribution in [3.8, 4) is 0 Å². The lowest BCUT2D eigenvalue weighted by Crippen LogP contribution is -1.89. The molecule has 0 saturated heterocycles. The number of thiol groups is 1. The van der Waals surface area contributed by atoms with Crippen molar-refractivity contribution in [3.63, 3.8) is 0 Å². The van der Waals surface area contributed by atoms with Crippen molar-refractivity contribution in [2.24, 2.45) is 0 Å². The summed E-state index contributed by atoms with van der Waals surface area (Å²) in [5.41, 5.74) is 0. The lowest BCUT2D eigenvalue weighted by Gasteiger charge is -1.78. The summed E-state index contributed by atoms with van der Waals surface area (Å²) >= 11 is 0. The van der Waals surface area contributed by atoms with Gasteiger partial charge in [-0.05, 0) is 6.42 Å². The summed E-state index contributed by atoms with van der Waals surface area (Å²) in [6.45, 7) is -0.288. The lowest BCUT2D eigenvalue weighted by molar-refractivity contribution is 0.194. The quantitative estimate of drug-likeness (QED) is 0.510. The molecule has 0 N–H and O–H groups in total. The minimum Gasteiger partial charge on any atom is -0.237 e. The Balaban J connectivity index is 2.98. The first-order chi connectivity index (χ1) is 3.27. The molecule has 0 rings (SSSR count). The largest absolute Gasteiger partial charge is 0.237 e. The van der Waals surface area contributed by atoms with Gasteiger partial charge >= 0.3 is 0 Å². The van der Waals surface area contributed by atoms with Crippen molar-refractivity contribution in [1.82, 2.24) is 0 Å². The monoisotopic (exact) mass is 123 g/mol. The van der Waals surface area contributed by atoms with E-state index in [1.165, 1.54) is 0 Å². The Morgan fingerprint density at radius 3 is 2.00 bits per heavy atom. The lowest BCUT2D eigenvalue weighted by atomic mass is 10.5. The van der Waals surface area contributed by atoms with Crippen LogP contribution in [0, 0.1) is 0 Å². The third-order valence-electron chi connectivity index (χ3n) is 0.485. The maximum Gasteiger partial charge on any atom is 0.140 e. The van der Waals surface area contributed by atoms with Crippen LogP contribution in [0.3, 0.4) is 0 Å². The first-order valence-electron chi connectivity index (χ1n) is 1.97. The fourth-order valence-electron chi connectivity index (χ4n) is 0.194. The molecule has 0 saturated carbocycles. The Labute approximate surface area is 43.9 Å². The smallest absolute Gasteiger partial charge is 0.140 e. The molecular weight excluding hydrogens is 116 g/mol. The molecule has 0 fully saturated rings. The molecule has 0 aromatic rings. The topological polar surface area (TPSA) is 54.0 Å². The van der Waals surface area contributed by atoms with E-state index in [1.54, 1.807) is 0 Å². The van der Waals surface area contributed by atoms with Crippen LogP contribution in [0.15, 0.2) is 0 Å². The van der Waals surface area contributed by atoms with E-state index in [9.17, 15) is 13.5 Å². The Morgan fingerprint density at radius 1 is 1.29 bits per heavy atom. The highest BCUT2D eigenvalue weighted by atomic mass is 32.2. The van der Waals surface area contributed by atoms with Gasteiger partial charge < -0.3 is 0 Å². The fraction of sp³-hybridized carbons (Fsp3) is 1.00. The van der Waals surface area contributed by atoms with E-state index in [0.717, 1.165) is 0 Å². The molecule has 43 valence electrons. The molecular formula is C3H7O3S. The summed E-state index contributed by atoms with van der Waals surface area (Å²) in [4.78, 5) is 0. The standard InChI is InChI=1S/C3H7O3S/c4-2-1-3-7(5)6/h7H,1-3H2. The van der Waals surface area contributed by atoms with Gasteiger partial charge in [0.1, 0.15) is 10.7 Å². The summed E-state index contributed by atoms with van der Waals surface area (Å²) < 4.78 is 19.3. The highest BCUT2D eigenvalue weighted by molar-refractivity contribution is 7.72. The molecule has 0 amide bonds. The van der Waals surface area contributed by atoms with E-state index in [-0.39, 0.29) is 18.8 Å². The fourth-order valence-corrected chi connectivity index (χ4v) is 0.581. The number of rotatable bonds is 3. The Hall–Kier alpha value is -0.0900. The van der Waals surface area contributed by atoms with Gasteiger partial charge in [-0.25, -0.2) is 13.5 Å². The molecule has 7 heavy (non-hydrogen) atoms. The molecule has 1 radical (unpaired) electrons. The van der Waals surface area contributed by atoms with E-state index in [1.807, 2.05) is 0 Å². The second-order valence-electron chi connectivity index (χ2n) is 1.11. The molecule has 0 aromatic carbocycles. The highest BCUT2D eigenvalue weighted by Gasteiger charge is 1.83. The van der Waals surface area contributed by atoms with Gasteiger partial charge in [0.2, 0.25) is 0 Å². The predicted molar refractivity (Wildman–Crippen MR) is 25.4 cm³/mol. The van der Waals surface area contributed by atoms with Crippen LogP contribution in [-0.2, 0) is 15.8 Å². The van der Waals surface area contributed by atoms with Crippen molar-refractivity contribution >= 4 is 10.7 Å². The minimum atomic E-state index is -2.31. The van der Waals surface area contributed by atoms with Gasteiger partial charge in [0, 0.05) is 5.75 Å². The zero-order valence-electron chi connectivity index (χ0n) is 3.79. The van der Waals surface area contributed by atoms with Crippen LogP contribution in [0.4, 0.5) is 0 Å². The van der Waals surface area contributed by atoms with Crippen LogP contribution >= 0.6 is 0 Å². The predicted octanol–water partition coefficient (Wildman–Crippen LogP) is -0.582. The van der Waals surface area contributed by atoms with Crippen LogP contribution in [0.25, 0.3) is 0 Å². The first kappa shape index (κ1) is 6.91. The average molecular weight is 123 g/mol. The van der Waals surface area contributed by atoms with E-state index < -0.39 is 10.7 Å². The second-order valence-corrected chi connectivity index (χ2v) is 2.23. The molecule has 4 heteroatoms. The summed E-state index contributed by atoms with van der Waals surface area (Å²) in [6.07, 6.45) is 0.249. The Morgan fingerprint density at radius 2 is 1.86 bits per heavy atom. The van der Waals surface area contributed by atoms with Crippen molar-refractivity contribution < 1.29 is 13.5 Å². The van der Waals surface area contributed by atoms with Gasteiger partial charge in [0.05, 0.1) is 6.61 Å². The highest BCUT2D eigenvalue weighted by Crippen LogP contribution is 1.74. The van der Waals surface area contributed by atoms with Gasteiger partial charge in [0.15, 0.2) is 0 Å². The van der Waals surface area contributed by atoms with E-state index in [2.05, 4.69) is 0 Å². The van der Waals surface area contributed by atoms with Gasteiger partial charge in [0.25, 0.3) is 0 Å². The van der Waals surface area contributed by atoms with Crippen molar-refractivity contribution in [2.45, 2.75) is 6.42 Å². The van der Waals surface area contributed by atoms with Crippen molar-refractivity contribution in [1.29, 1.82) is 0 Å². The SMILES string of the molecule is [O]CCC[SH](=O)=O. The van der Waals surface area contributed by atoms with E-state index >= 15 is 0 Å². The van der Waals surface area contributed by atoms with Crippen molar-refractivity contribution in [2.75, 3.05) is 12.4 Å². The van der Waals surface area contributed by atoms with Gasteiger partial charge in [-0.3, -0.25) is 0 Å². The molecule has 0 spiro atoms. The molecule has 3 nitrogen and oxygen atoms in total. The first-order valence-corrected chi connectivity index (χ1v) is 3.33. The van der Waals surface area contributed by atoms with Crippen LogP contribution < -0.4 is 0 Å². The zero-order chi connectivity index (χ0) is 5.70. The Kier molecular flexibility index (Phi) is 4.03. The minimum absolute atomic E-state index is 0.0405. The van der Waals surface area contributed by atoms with Gasteiger partial charge in [-0.2, -0.15) is 0 Å². The molecule has 0 heterocycles. The molecule has 0 bridgehead atoms. The molecule has 0 unspecified atom stereocenters. The second kappa shape index (κ2) is 4.08. The maximum absolute atomic E-state index is 9.66. The van der Waals surface area contributed by atoms with Crippen LogP contribution in [0.2, 0.25) is 0 Å². The summed E-state index contributed by atoms with van der Waals surface area (Å²) in [7, 11) is -2.31.